The van der Waals surface area contributed by atoms with Crippen LogP contribution in [-0.2, 0) is 0 Å². The van der Waals surface area contributed by atoms with Crippen LogP contribution in [0.1, 0.15) is 11.1 Å². The molecule has 0 spiro atoms. The van der Waals surface area contributed by atoms with Crippen molar-refractivity contribution in [1.82, 2.24) is 0 Å². The highest BCUT2D eigenvalue weighted by Gasteiger charge is 2.13. The molecule has 0 heteroatoms. The Balaban J connectivity index is 1.56. The van der Waals surface area contributed by atoms with Gasteiger partial charge in [-0.3, -0.25) is 0 Å². The van der Waals surface area contributed by atoms with Crippen LogP contribution in [0.4, 0.5) is 0 Å². The van der Waals surface area contributed by atoms with Gasteiger partial charge < -0.3 is 0 Å². The summed E-state index contributed by atoms with van der Waals surface area (Å²) in [4.78, 5) is 0. The zero-order valence-electron chi connectivity index (χ0n) is 17.2. The first kappa shape index (κ1) is 17.2. The highest BCUT2D eigenvalue weighted by molar-refractivity contribution is 6.25. The van der Waals surface area contributed by atoms with E-state index in [4.69, 9.17) is 0 Å². The van der Waals surface area contributed by atoms with E-state index in [0.29, 0.717) is 0 Å². The molecular weight excluding hydrogens is 360 g/mol. The lowest BCUT2D eigenvalue weighted by Crippen LogP contribution is -1.89. The van der Waals surface area contributed by atoms with Crippen LogP contribution in [0.15, 0.2) is 97.1 Å². The van der Waals surface area contributed by atoms with Crippen LogP contribution in [0, 0.1) is 13.8 Å². The van der Waals surface area contributed by atoms with E-state index in [0.717, 1.165) is 0 Å². The summed E-state index contributed by atoms with van der Waals surface area (Å²) in [5, 5.41) is 8.10. The zero-order valence-corrected chi connectivity index (χ0v) is 17.2. The molecule has 0 saturated carbocycles. The number of rotatable bonds is 2. The SMILES string of the molecule is Cc1ccc(-c2ccc(-c3ccc4ccc5c(C)ccc6ccc3c4c65)cc2)cc1. The summed E-state index contributed by atoms with van der Waals surface area (Å²) in [6, 6.07) is 35.9. The van der Waals surface area contributed by atoms with E-state index in [2.05, 4.69) is 111 Å². The van der Waals surface area contributed by atoms with Crippen molar-refractivity contribution in [1.29, 1.82) is 0 Å². The predicted octanol–water partition coefficient (Wildman–Crippen LogP) is 8.53. The summed E-state index contributed by atoms with van der Waals surface area (Å²) in [5.41, 5.74) is 7.71. The fourth-order valence-corrected chi connectivity index (χ4v) is 4.79. The molecule has 0 radical (unpaired) electrons. The molecule has 0 aromatic heterocycles. The van der Waals surface area contributed by atoms with Crippen molar-refractivity contribution < 1.29 is 0 Å². The molecule has 0 N–H and O–H groups in total. The third-order valence-corrected chi connectivity index (χ3v) is 6.46. The molecule has 0 fully saturated rings. The van der Waals surface area contributed by atoms with Crippen molar-refractivity contribution >= 4 is 32.3 Å². The Morgan fingerprint density at radius 3 is 1.60 bits per heavy atom. The van der Waals surface area contributed by atoms with Crippen LogP contribution in [0.5, 0.6) is 0 Å². The second-order valence-electron chi connectivity index (χ2n) is 8.36. The van der Waals surface area contributed by atoms with Crippen molar-refractivity contribution in [3.63, 3.8) is 0 Å². The lowest BCUT2D eigenvalue weighted by atomic mass is 9.88. The Labute approximate surface area is 176 Å². The van der Waals surface area contributed by atoms with Crippen molar-refractivity contribution in [2.45, 2.75) is 13.8 Å². The van der Waals surface area contributed by atoms with E-state index in [-0.39, 0.29) is 0 Å². The van der Waals surface area contributed by atoms with Crippen molar-refractivity contribution in [3.8, 4) is 22.3 Å². The Morgan fingerprint density at radius 1 is 0.400 bits per heavy atom. The van der Waals surface area contributed by atoms with Crippen LogP contribution in [0.2, 0.25) is 0 Å². The van der Waals surface area contributed by atoms with E-state index < -0.39 is 0 Å². The summed E-state index contributed by atoms with van der Waals surface area (Å²) >= 11 is 0. The second-order valence-corrected chi connectivity index (χ2v) is 8.36. The normalized spacial score (nSPS) is 11.7. The first-order valence-electron chi connectivity index (χ1n) is 10.5. The molecule has 0 saturated heterocycles. The maximum absolute atomic E-state index is 2.29. The van der Waals surface area contributed by atoms with Gasteiger partial charge in [0, 0.05) is 0 Å². The molecule has 0 amide bonds. The Kier molecular flexibility index (Phi) is 3.70. The van der Waals surface area contributed by atoms with Gasteiger partial charge in [0.1, 0.15) is 0 Å². The van der Waals surface area contributed by atoms with Gasteiger partial charge >= 0.3 is 0 Å². The molecule has 0 bridgehead atoms. The molecule has 6 rings (SSSR count). The number of benzene rings is 6. The van der Waals surface area contributed by atoms with E-state index >= 15 is 0 Å². The van der Waals surface area contributed by atoms with Crippen molar-refractivity contribution in [3.05, 3.63) is 108 Å². The fourth-order valence-electron chi connectivity index (χ4n) is 4.79. The van der Waals surface area contributed by atoms with Gasteiger partial charge in [0.05, 0.1) is 0 Å². The minimum absolute atomic E-state index is 1.26. The van der Waals surface area contributed by atoms with E-state index in [9.17, 15) is 0 Å². The summed E-state index contributed by atoms with van der Waals surface area (Å²) in [7, 11) is 0. The molecule has 142 valence electrons. The van der Waals surface area contributed by atoms with Crippen molar-refractivity contribution in [2.75, 3.05) is 0 Å². The quantitative estimate of drug-likeness (QED) is 0.263. The van der Waals surface area contributed by atoms with Gasteiger partial charge in [-0.25, -0.2) is 0 Å². The van der Waals surface area contributed by atoms with E-state index in [1.54, 1.807) is 0 Å². The maximum atomic E-state index is 2.29. The average molecular weight is 383 g/mol. The van der Waals surface area contributed by atoms with Gasteiger partial charge in [0.15, 0.2) is 0 Å². The molecule has 0 nitrogen and oxygen atoms in total. The monoisotopic (exact) mass is 382 g/mol. The average Bonchev–Trinajstić information content (AvgIpc) is 2.79. The Bertz CT molecular complexity index is 1520. The highest BCUT2D eigenvalue weighted by atomic mass is 14.2. The molecule has 0 heterocycles. The molecule has 0 aliphatic carbocycles. The van der Waals surface area contributed by atoms with Gasteiger partial charge in [-0.2, -0.15) is 0 Å². The minimum atomic E-state index is 1.26. The molecule has 0 aliphatic heterocycles. The lowest BCUT2D eigenvalue weighted by Gasteiger charge is -2.15. The Hall–Kier alpha value is -3.64. The number of aryl methyl sites for hydroxylation is 2. The van der Waals surface area contributed by atoms with Crippen LogP contribution < -0.4 is 0 Å². The molecule has 0 atom stereocenters. The van der Waals surface area contributed by atoms with Crippen LogP contribution >= 0.6 is 0 Å². The molecule has 0 aliphatic rings. The molecule has 0 unspecified atom stereocenters. The second kappa shape index (κ2) is 6.43. The summed E-state index contributed by atoms with van der Waals surface area (Å²) in [6.45, 7) is 4.33. The third kappa shape index (κ3) is 2.54. The third-order valence-electron chi connectivity index (χ3n) is 6.46. The van der Waals surface area contributed by atoms with Gasteiger partial charge in [-0.05, 0) is 74.0 Å². The fraction of sp³-hybridized carbons (Fsp3) is 0.0667. The predicted molar refractivity (Wildman–Crippen MR) is 130 cm³/mol. The molecule has 6 aromatic rings. The van der Waals surface area contributed by atoms with Crippen LogP contribution in [0.25, 0.3) is 54.6 Å². The summed E-state index contributed by atoms with van der Waals surface area (Å²) < 4.78 is 0. The first-order valence-corrected chi connectivity index (χ1v) is 10.5. The van der Waals surface area contributed by atoms with Crippen LogP contribution in [-0.4, -0.2) is 0 Å². The molecule has 6 aromatic carbocycles. The topological polar surface area (TPSA) is 0 Å². The molecule has 30 heavy (non-hydrogen) atoms. The van der Waals surface area contributed by atoms with Gasteiger partial charge in [0.25, 0.3) is 0 Å². The van der Waals surface area contributed by atoms with Crippen molar-refractivity contribution in [2.24, 2.45) is 0 Å². The zero-order chi connectivity index (χ0) is 20.2. The highest BCUT2D eigenvalue weighted by Crippen LogP contribution is 2.40. The van der Waals surface area contributed by atoms with E-state index in [1.165, 1.54) is 65.7 Å². The molecular formula is C30H22. The van der Waals surface area contributed by atoms with Gasteiger partial charge in [-0.15, -0.1) is 0 Å². The maximum Gasteiger partial charge on any atom is -0.00205 e. The first-order chi connectivity index (χ1) is 14.7. The van der Waals surface area contributed by atoms with E-state index in [1.807, 2.05) is 0 Å². The Morgan fingerprint density at radius 2 is 0.900 bits per heavy atom. The van der Waals surface area contributed by atoms with Gasteiger partial charge in [-0.1, -0.05) is 103 Å². The number of hydrogen-bond acceptors (Lipinski definition) is 0. The standard InChI is InChI=1S/C30H22/c1-19-3-6-21(7-4-19)22-9-11-23(12-10-22)27-17-14-25-13-16-26-20(2)5-8-24-15-18-28(27)30(25)29(24)26/h3-18H,1-2H3. The van der Waals surface area contributed by atoms with Gasteiger partial charge in [0.2, 0.25) is 0 Å². The summed E-state index contributed by atoms with van der Waals surface area (Å²) in [6.07, 6.45) is 0. The minimum Gasteiger partial charge on any atom is -0.0587 e. The largest absolute Gasteiger partial charge is 0.0587 e. The smallest absolute Gasteiger partial charge is 0.00205 e. The lowest BCUT2D eigenvalue weighted by molar-refractivity contribution is 1.47. The summed E-state index contributed by atoms with van der Waals surface area (Å²) in [5.74, 6) is 0. The number of hydrogen-bond donors (Lipinski definition) is 0. The van der Waals surface area contributed by atoms with Crippen LogP contribution in [0.3, 0.4) is 0 Å².